The van der Waals surface area contributed by atoms with Crippen LogP contribution in [0, 0.1) is 0 Å². The van der Waals surface area contributed by atoms with Crippen molar-refractivity contribution in [1.29, 1.82) is 0 Å². The highest BCUT2D eigenvalue weighted by molar-refractivity contribution is 7.98. The number of carbonyl (C=O) groups is 3. The highest BCUT2D eigenvalue weighted by atomic mass is 35.5. The van der Waals surface area contributed by atoms with Crippen LogP contribution in [0.15, 0.2) is 18.3 Å². The molecule has 1 rings (SSSR count). The third-order valence-electron chi connectivity index (χ3n) is 2.59. The molecule has 0 aliphatic heterocycles. The molecule has 1 heterocycles. The van der Waals surface area contributed by atoms with Crippen LogP contribution in [0.5, 0.6) is 0 Å². The third kappa shape index (κ3) is 7.20. The quantitative estimate of drug-likeness (QED) is 0.469. The largest absolute Gasteiger partial charge is 0.454 e. The van der Waals surface area contributed by atoms with Crippen LogP contribution in [0.1, 0.15) is 6.42 Å². The van der Waals surface area contributed by atoms with E-state index in [1.54, 1.807) is 12.1 Å². The molecule has 0 unspecified atom stereocenters. The van der Waals surface area contributed by atoms with Crippen LogP contribution < -0.4 is 16.4 Å². The Hall–Kier alpha value is -2.00. The summed E-state index contributed by atoms with van der Waals surface area (Å²) in [6, 6.07) is 1.43. The summed E-state index contributed by atoms with van der Waals surface area (Å²) in [5.74, 6) is -0.682. The number of aromatic nitrogens is 1. The van der Waals surface area contributed by atoms with Crippen molar-refractivity contribution in [3.05, 3.63) is 23.5 Å². The lowest BCUT2D eigenvalue weighted by atomic mass is 10.2. The number of anilines is 1. The molecule has 126 valence electrons. The van der Waals surface area contributed by atoms with Gasteiger partial charge in [-0.1, -0.05) is 11.6 Å². The van der Waals surface area contributed by atoms with Gasteiger partial charge in [0, 0.05) is 6.20 Å². The molecule has 10 heteroatoms. The molecule has 0 aliphatic rings. The van der Waals surface area contributed by atoms with Gasteiger partial charge in [-0.15, -0.1) is 0 Å². The summed E-state index contributed by atoms with van der Waals surface area (Å²) in [6.07, 6.45) is 3.68. The number of pyridine rings is 1. The van der Waals surface area contributed by atoms with Crippen molar-refractivity contribution in [2.45, 2.75) is 12.5 Å². The first-order chi connectivity index (χ1) is 10.9. The Bertz CT molecular complexity index is 573. The Balaban J connectivity index is 2.50. The molecule has 8 nitrogen and oxygen atoms in total. The van der Waals surface area contributed by atoms with E-state index in [1.807, 2.05) is 6.26 Å². The van der Waals surface area contributed by atoms with E-state index in [2.05, 4.69) is 15.6 Å². The van der Waals surface area contributed by atoms with Crippen molar-refractivity contribution in [2.24, 2.45) is 5.73 Å². The number of hydrogen-bond donors (Lipinski definition) is 3. The van der Waals surface area contributed by atoms with Gasteiger partial charge in [-0.2, -0.15) is 11.8 Å². The number of nitrogens with two attached hydrogens (primary N) is 1. The number of nitrogens with zero attached hydrogens (tertiary/aromatic N) is 1. The van der Waals surface area contributed by atoms with Gasteiger partial charge in [-0.25, -0.2) is 14.6 Å². The van der Waals surface area contributed by atoms with Crippen LogP contribution in [-0.4, -0.2) is 47.5 Å². The maximum absolute atomic E-state index is 11.9. The first kappa shape index (κ1) is 19.0. The standard InChI is InChI=1S/C13H17ClN4O4S/c1-23-6-4-9(18-13(15)21)12(20)22-7-10(19)17-8-3-2-5-16-11(8)14/h2-3,5,9H,4,6-7H2,1H3,(H,17,19)(H3,15,18,21)/t9-/m1/s1. The second-order valence-electron chi connectivity index (χ2n) is 4.34. The van der Waals surface area contributed by atoms with E-state index < -0.39 is 30.6 Å². The Morgan fingerprint density at radius 2 is 2.22 bits per heavy atom. The number of halogens is 1. The van der Waals surface area contributed by atoms with Gasteiger partial charge < -0.3 is 21.1 Å². The molecule has 3 amide bonds. The monoisotopic (exact) mass is 360 g/mol. The van der Waals surface area contributed by atoms with E-state index in [1.165, 1.54) is 18.0 Å². The lowest BCUT2D eigenvalue weighted by Crippen LogP contribution is -2.45. The van der Waals surface area contributed by atoms with Crippen LogP contribution in [0.2, 0.25) is 5.15 Å². The Morgan fingerprint density at radius 3 is 2.83 bits per heavy atom. The number of ether oxygens (including phenoxy) is 1. The van der Waals surface area contributed by atoms with Crippen molar-refractivity contribution in [2.75, 3.05) is 23.9 Å². The molecule has 0 bridgehead atoms. The average molecular weight is 361 g/mol. The summed E-state index contributed by atoms with van der Waals surface area (Å²) in [5, 5.41) is 4.87. The van der Waals surface area contributed by atoms with Gasteiger partial charge in [-0.05, 0) is 30.6 Å². The van der Waals surface area contributed by atoms with E-state index >= 15 is 0 Å². The molecule has 1 atom stereocenters. The molecule has 4 N–H and O–H groups in total. The highest BCUT2D eigenvalue weighted by Gasteiger charge is 2.22. The fourth-order valence-electron chi connectivity index (χ4n) is 1.56. The number of thioether (sulfide) groups is 1. The minimum absolute atomic E-state index is 0.125. The van der Waals surface area contributed by atoms with Gasteiger partial charge >= 0.3 is 12.0 Å². The van der Waals surface area contributed by atoms with Crippen molar-refractivity contribution < 1.29 is 19.1 Å². The maximum Gasteiger partial charge on any atom is 0.329 e. The zero-order valence-electron chi connectivity index (χ0n) is 12.4. The molecule has 1 aromatic rings. The smallest absolute Gasteiger partial charge is 0.329 e. The molecule has 0 aromatic carbocycles. The average Bonchev–Trinajstić information content (AvgIpc) is 2.51. The molecular formula is C13H17ClN4O4S. The predicted octanol–water partition coefficient (Wildman–Crippen LogP) is 1.01. The van der Waals surface area contributed by atoms with Crippen LogP contribution in [0.3, 0.4) is 0 Å². The number of rotatable bonds is 8. The molecule has 0 spiro atoms. The zero-order chi connectivity index (χ0) is 17.2. The fourth-order valence-corrected chi connectivity index (χ4v) is 2.20. The van der Waals surface area contributed by atoms with E-state index in [9.17, 15) is 14.4 Å². The van der Waals surface area contributed by atoms with Gasteiger partial charge in [0.05, 0.1) is 5.69 Å². The summed E-state index contributed by atoms with van der Waals surface area (Å²) in [7, 11) is 0. The topological polar surface area (TPSA) is 123 Å². The maximum atomic E-state index is 11.9. The second kappa shape index (κ2) is 9.90. The lowest BCUT2D eigenvalue weighted by molar-refractivity contribution is -0.149. The minimum atomic E-state index is -0.894. The number of nitrogens with one attached hydrogen (secondary N) is 2. The molecule has 0 fully saturated rings. The van der Waals surface area contributed by atoms with Crippen molar-refractivity contribution in [3.8, 4) is 0 Å². The molecule has 0 saturated carbocycles. The van der Waals surface area contributed by atoms with Gasteiger partial charge in [-0.3, -0.25) is 4.79 Å². The van der Waals surface area contributed by atoms with E-state index in [4.69, 9.17) is 22.1 Å². The van der Waals surface area contributed by atoms with Gasteiger partial charge in [0.2, 0.25) is 0 Å². The summed E-state index contributed by atoms with van der Waals surface area (Å²) < 4.78 is 4.88. The first-order valence-electron chi connectivity index (χ1n) is 6.56. The normalized spacial score (nSPS) is 11.4. The van der Waals surface area contributed by atoms with Crippen LogP contribution >= 0.6 is 23.4 Å². The highest BCUT2D eigenvalue weighted by Crippen LogP contribution is 2.17. The predicted molar refractivity (Wildman–Crippen MR) is 88.3 cm³/mol. The first-order valence-corrected chi connectivity index (χ1v) is 8.33. The number of primary amides is 1. The second-order valence-corrected chi connectivity index (χ2v) is 5.68. The number of urea groups is 1. The Morgan fingerprint density at radius 1 is 1.48 bits per heavy atom. The summed E-state index contributed by atoms with van der Waals surface area (Å²) in [4.78, 5) is 38.3. The Labute approximate surface area is 142 Å². The molecule has 0 radical (unpaired) electrons. The van der Waals surface area contributed by atoms with Crippen molar-refractivity contribution in [3.63, 3.8) is 0 Å². The lowest BCUT2D eigenvalue weighted by Gasteiger charge is -2.15. The molecule has 1 aromatic heterocycles. The SMILES string of the molecule is CSCC[C@@H](NC(N)=O)C(=O)OCC(=O)Nc1cccnc1Cl. The summed E-state index contributed by atoms with van der Waals surface area (Å²) in [5.41, 5.74) is 5.32. The number of esters is 1. The molecule has 23 heavy (non-hydrogen) atoms. The zero-order valence-corrected chi connectivity index (χ0v) is 13.9. The van der Waals surface area contributed by atoms with E-state index in [0.29, 0.717) is 17.9 Å². The third-order valence-corrected chi connectivity index (χ3v) is 3.54. The van der Waals surface area contributed by atoms with Crippen molar-refractivity contribution >= 4 is 47.0 Å². The fraction of sp³-hybridized carbons (Fsp3) is 0.385. The number of hydrogen-bond acceptors (Lipinski definition) is 6. The summed E-state index contributed by atoms with van der Waals surface area (Å²) >= 11 is 7.30. The Kier molecular flexibility index (Phi) is 8.20. The molecule has 0 aliphatic carbocycles. The molecular weight excluding hydrogens is 344 g/mol. The summed E-state index contributed by atoms with van der Waals surface area (Å²) in [6.45, 7) is -0.514. The minimum Gasteiger partial charge on any atom is -0.454 e. The van der Waals surface area contributed by atoms with E-state index in [0.717, 1.165) is 0 Å². The molecule has 0 saturated heterocycles. The van der Waals surface area contributed by atoms with Crippen LogP contribution in [0.25, 0.3) is 0 Å². The van der Waals surface area contributed by atoms with Crippen LogP contribution in [-0.2, 0) is 14.3 Å². The van der Waals surface area contributed by atoms with E-state index in [-0.39, 0.29) is 5.15 Å². The van der Waals surface area contributed by atoms with Gasteiger partial charge in [0.1, 0.15) is 6.04 Å². The number of carbonyl (C=O) groups excluding carboxylic acids is 3. The van der Waals surface area contributed by atoms with Gasteiger partial charge in [0.25, 0.3) is 5.91 Å². The van der Waals surface area contributed by atoms with Crippen LogP contribution in [0.4, 0.5) is 10.5 Å². The van der Waals surface area contributed by atoms with Crippen molar-refractivity contribution in [1.82, 2.24) is 10.3 Å². The number of amides is 3. The van der Waals surface area contributed by atoms with Gasteiger partial charge in [0.15, 0.2) is 11.8 Å².